The Morgan fingerprint density at radius 1 is 1.29 bits per heavy atom. The molecule has 2 aromatic carbocycles. The highest BCUT2D eigenvalue weighted by atomic mass is 19.1. The van der Waals surface area contributed by atoms with E-state index < -0.39 is 16.7 Å². The van der Waals surface area contributed by atoms with Gasteiger partial charge < -0.3 is 10.1 Å². The average molecular weight is 290 g/mol. The minimum absolute atomic E-state index is 0.00513. The lowest BCUT2D eigenvalue weighted by atomic mass is 10.1. The Balaban J connectivity index is 2.43. The molecule has 0 atom stereocenters. The Hall–Kier alpha value is -2.96. The number of nitro benzene ring substituents is 1. The van der Waals surface area contributed by atoms with Crippen molar-refractivity contribution in [2.24, 2.45) is 0 Å². The number of non-ortho nitro benzene ring substituents is 1. The summed E-state index contributed by atoms with van der Waals surface area (Å²) in [4.78, 5) is 21.8. The third-order valence-corrected chi connectivity index (χ3v) is 2.70. The molecule has 0 radical (unpaired) electrons. The summed E-state index contributed by atoms with van der Waals surface area (Å²) in [5, 5.41) is 13.6. The summed E-state index contributed by atoms with van der Waals surface area (Å²) in [7, 11) is 1.17. The standard InChI is InChI=1S/C14H11FN2O4/c1-21-14(18)9-6-10(8-11(7-9)17(19)20)16-13-5-3-2-4-12(13)15/h2-8,16H,1H3. The quantitative estimate of drug-likeness (QED) is 0.531. The molecule has 108 valence electrons. The predicted molar refractivity (Wildman–Crippen MR) is 74.1 cm³/mol. The number of nitrogens with zero attached hydrogens (tertiary/aromatic N) is 1. The molecule has 2 aromatic rings. The third kappa shape index (κ3) is 3.33. The van der Waals surface area contributed by atoms with Gasteiger partial charge in [-0.2, -0.15) is 0 Å². The Bertz CT molecular complexity index is 703. The van der Waals surface area contributed by atoms with E-state index in [2.05, 4.69) is 10.1 Å². The Kier molecular flexibility index (Phi) is 4.13. The maximum Gasteiger partial charge on any atom is 0.338 e. The second-order valence-electron chi connectivity index (χ2n) is 4.12. The van der Waals surface area contributed by atoms with Crippen LogP contribution in [-0.2, 0) is 4.74 Å². The number of anilines is 2. The van der Waals surface area contributed by atoms with Gasteiger partial charge in [-0.25, -0.2) is 9.18 Å². The maximum absolute atomic E-state index is 13.6. The SMILES string of the molecule is COC(=O)c1cc(Nc2ccccc2F)cc([N+](=O)[O-])c1. The van der Waals surface area contributed by atoms with Crippen LogP contribution < -0.4 is 5.32 Å². The van der Waals surface area contributed by atoms with Gasteiger partial charge in [-0.3, -0.25) is 10.1 Å². The molecule has 0 aliphatic carbocycles. The smallest absolute Gasteiger partial charge is 0.338 e. The molecule has 0 heterocycles. The van der Waals surface area contributed by atoms with Crippen LogP contribution in [0.3, 0.4) is 0 Å². The largest absolute Gasteiger partial charge is 0.465 e. The van der Waals surface area contributed by atoms with Gasteiger partial charge in [-0.1, -0.05) is 12.1 Å². The van der Waals surface area contributed by atoms with E-state index in [1.165, 1.54) is 37.4 Å². The number of ether oxygens (including phenoxy) is 1. The van der Waals surface area contributed by atoms with Gasteiger partial charge in [0.1, 0.15) is 5.82 Å². The topological polar surface area (TPSA) is 81.5 Å². The van der Waals surface area contributed by atoms with Crippen LogP contribution in [-0.4, -0.2) is 18.0 Å². The van der Waals surface area contributed by atoms with E-state index in [9.17, 15) is 19.3 Å². The summed E-state index contributed by atoms with van der Waals surface area (Å²) in [5.74, 6) is -1.22. The van der Waals surface area contributed by atoms with Crippen LogP contribution in [0, 0.1) is 15.9 Å². The summed E-state index contributed by atoms with van der Waals surface area (Å²) in [5.41, 5.74) is 0.0748. The normalized spacial score (nSPS) is 10.0. The minimum Gasteiger partial charge on any atom is -0.465 e. The zero-order chi connectivity index (χ0) is 15.4. The van der Waals surface area contributed by atoms with Crippen molar-refractivity contribution in [3.8, 4) is 0 Å². The van der Waals surface area contributed by atoms with Crippen molar-refractivity contribution in [1.29, 1.82) is 0 Å². The van der Waals surface area contributed by atoms with Gasteiger partial charge in [0.25, 0.3) is 5.69 Å². The number of halogens is 1. The van der Waals surface area contributed by atoms with E-state index in [0.29, 0.717) is 0 Å². The van der Waals surface area contributed by atoms with E-state index in [1.807, 2.05) is 0 Å². The number of nitro groups is 1. The summed E-state index contributed by atoms with van der Waals surface area (Å²) in [6, 6.07) is 9.52. The third-order valence-electron chi connectivity index (χ3n) is 2.70. The molecule has 0 fully saturated rings. The van der Waals surface area contributed by atoms with Crippen LogP contribution in [0.5, 0.6) is 0 Å². The molecular formula is C14H11FN2O4. The van der Waals surface area contributed by atoms with E-state index in [4.69, 9.17) is 0 Å². The molecule has 0 aliphatic heterocycles. The van der Waals surface area contributed by atoms with Crippen molar-refractivity contribution in [2.45, 2.75) is 0 Å². The zero-order valence-electron chi connectivity index (χ0n) is 11.0. The number of carbonyl (C=O) groups is 1. The lowest BCUT2D eigenvalue weighted by Crippen LogP contribution is -2.04. The van der Waals surface area contributed by atoms with E-state index in [1.54, 1.807) is 6.07 Å². The fourth-order valence-electron chi connectivity index (χ4n) is 1.74. The summed E-state index contributed by atoms with van der Waals surface area (Å²) in [6.07, 6.45) is 0. The molecule has 2 rings (SSSR count). The number of carbonyl (C=O) groups excluding carboxylic acids is 1. The van der Waals surface area contributed by atoms with Crippen LogP contribution in [0.2, 0.25) is 0 Å². The lowest BCUT2D eigenvalue weighted by molar-refractivity contribution is -0.384. The van der Waals surface area contributed by atoms with Crippen molar-refractivity contribution in [3.05, 3.63) is 64.0 Å². The van der Waals surface area contributed by atoms with Gasteiger partial charge in [0.05, 0.1) is 23.3 Å². The van der Waals surface area contributed by atoms with Gasteiger partial charge in [-0.05, 0) is 18.2 Å². The van der Waals surface area contributed by atoms with Gasteiger partial charge in [0.2, 0.25) is 0 Å². The van der Waals surface area contributed by atoms with Crippen molar-refractivity contribution < 1.29 is 18.8 Å². The summed E-state index contributed by atoms with van der Waals surface area (Å²) in [6.45, 7) is 0. The first-order valence-corrected chi connectivity index (χ1v) is 5.90. The highest BCUT2D eigenvalue weighted by Crippen LogP contribution is 2.25. The molecule has 0 saturated carbocycles. The monoisotopic (exact) mass is 290 g/mol. The number of nitrogens with one attached hydrogen (secondary N) is 1. The van der Waals surface area contributed by atoms with Crippen molar-refractivity contribution in [3.63, 3.8) is 0 Å². The molecule has 7 heteroatoms. The van der Waals surface area contributed by atoms with Crippen LogP contribution in [0.4, 0.5) is 21.5 Å². The summed E-state index contributed by atoms with van der Waals surface area (Å²) >= 11 is 0. The minimum atomic E-state index is -0.713. The molecule has 0 aromatic heterocycles. The number of esters is 1. The van der Waals surface area contributed by atoms with Crippen molar-refractivity contribution >= 4 is 23.0 Å². The van der Waals surface area contributed by atoms with E-state index >= 15 is 0 Å². The lowest BCUT2D eigenvalue weighted by Gasteiger charge is -2.09. The highest BCUT2D eigenvalue weighted by Gasteiger charge is 2.15. The molecule has 0 unspecified atom stereocenters. The first-order chi connectivity index (χ1) is 10.0. The number of rotatable bonds is 4. The number of para-hydroxylation sites is 1. The second kappa shape index (κ2) is 6.00. The van der Waals surface area contributed by atoms with Gasteiger partial charge >= 0.3 is 5.97 Å². The molecular weight excluding hydrogens is 279 g/mol. The number of benzene rings is 2. The number of hydrogen-bond donors (Lipinski definition) is 1. The fourth-order valence-corrected chi connectivity index (χ4v) is 1.74. The van der Waals surface area contributed by atoms with E-state index in [-0.39, 0.29) is 22.6 Å². The van der Waals surface area contributed by atoms with Crippen LogP contribution in [0.1, 0.15) is 10.4 Å². The van der Waals surface area contributed by atoms with E-state index in [0.717, 1.165) is 6.07 Å². The summed E-state index contributed by atoms with van der Waals surface area (Å²) < 4.78 is 18.1. The molecule has 21 heavy (non-hydrogen) atoms. The van der Waals surface area contributed by atoms with Crippen molar-refractivity contribution in [1.82, 2.24) is 0 Å². The average Bonchev–Trinajstić information content (AvgIpc) is 2.48. The number of hydrogen-bond acceptors (Lipinski definition) is 5. The predicted octanol–water partition coefficient (Wildman–Crippen LogP) is 3.26. The first-order valence-electron chi connectivity index (χ1n) is 5.90. The van der Waals surface area contributed by atoms with Gasteiger partial charge in [0.15, 0.2) is 0 Å². The molecule has 1 N–H and O–H groups in total. The Labute approximate surface area is 119 Å². The molecule has 0 amide bonds. The van der Waals surface area contributed by atoms with Crippen LogP contribution in [0.25, 0.3) is 0 Å². The molecule has 0 bridgehead atoms. The van der Waals surface area contributed by atoms with Crippen LogP contribution >= 0.6 is 0 Å². The first kappa shape index (κ1) is 14.4. The second-order valence-corrected chi connectivity index (χ2v) is 4.12. The maximum atomic E-state index is 13.6. The molecule has 0 spiro atoms. The fraction of sp³-hybridized carbons (Fsp3) is 0.0714. The molecule has 6 nitrogen and oxygen atoms in total. The highest BCUT2D eigenvalue weighted by molar-refractivity contribution is 5.91. The molecule has 0 saturated heterocycles. The molecule has 0 aliphatic rings. The van der Waals surface area contributed by atoms with Gasteiger partial charge in [0, 0.05) is 17.8 Å². The van der Waals surface area contributed by atoms with Crippen LogP contribution in [0.15, 0.2) is 42.5 Å². The Morgan fingerprint density at radius 3 is 2.62 bits per heavy atom. The van der Waals surface area contributed by atoms with Gasteiger partial charge in [-0.15, -0.1) is 0 Å². The van der Waals surface area contributed by atoms with Crippen molar-refractivity contribution in [2.75, 3.05) is 12.4 Å². The zero-order valence-corrected chi connectivity index (χ0v) is 11.0. The Morgan fingerprint density at radius 2 is 2.00 bits per heavy atom. The number of methoxy groups -OCH3 is 1.